The number of hydrogen-bond donors (Lipinski definition) is 1. The predicted octanol–water partition coefficient (Wildman–Crippen LogP) is 2.71. The lowest BCUT2D eigenvalue weighted by Crippen LogP contribution is -2.13. The van der Waals surface area contributed by atoms with E-state index in [2.05, 4.69) is 15.0 Å². The third-order valence-corrected chi connectivity index (χ3v) is 5.00. The summed E-state index contributed by atoms with van der Waals surface area (Å²) in [6.45, 7) is 1.89. The van der Waals surface area contributed by atoms with E-state index in [0.29, 0.717) is 17.1 Å². The van der Waals surface area contributed by atoms with Gasteiger partial charge in [0.15, 0.2) is 0 Å². The number of hydrogen-bond acceptors (Lipinski definition) is 13. The summed E-state index contributed by atoms with van der Waals surface area (Å²) in [5, 5.41) is 9.21. The summed E-state index contributed by atoms with van der Waals surface area (Å²) < 4.78 is 25.0. The fourth-order valence-electron chi connectivity index (χ4n) is 3.05. The third kappa shape index (κ3) is 8.56. The van der Waals surface area contributed by atoms with Crippen LogP contribution in [0.25, 0.3) is 22.8 Å². The second-order valence-electron chi connectivity index (χ2n) is 7.80. The normalized spacial score (nSPS) is 10.4. The first-order valence-corrected chi connectivity index (χ1v) is 12.2. The molecular formula is C27H27N3O10. The Morgan fingerprint density at radius 2 is 1.15 bits per heavy atom. The van der Waals surface area contributed by atoms with Crippen LogP contribution >= 0.6 is 0 Å². The van der Waals surface area contributed by atoms with Crippen LogP contribution in [0.4, 0.5) is 0 Å². The lowest BCUT2D eigenvalue weighted by Gasteiger charge is -2.11. The zero-order valence-electron chi connectivity index (χ0n) is 21.8. The van der Waals surface area contributed by atoms with Gasteiger partial charge >= 0.3 is 23.9 Å². The van der Waals surface area contributed by atoms with Crippen molar-refractivity contribution in [3.05, 3.63) is 59.9 Å². The molecule has 0 aliphatic heterocycles. The molecule has 1 N–H and O–H groups in total. The van der Waals surface area contributed by atoms with Gasteiger partial charge in [0.05, 0.1) is 29.4 Å². The van der Waals surface area contributed by atoms with Gasteiger partial charge < -0.3 is 28.8 Å². The molecule has 3 aromatic heterocycles. The van der Waals surface area contributed by atoms with Crippen molar-refractivity contribution in [3.8, 4) is 28.5 Å². The highest BCUT2D eigenvalue weighted by Gasteiger charge is 2.16. The number of aromatic nitrogens is 3. The van der Waals surface area contributed by atoms with E-state index in [1.807, 2.05) is 0 Å². The number of esters is 4. The Bertz CT molecular complexity index is 1270. The lowest BCUT2D eigenvalue weighted by molar-refractivity contribution is -0.152. The first kappa shape index (κ1) is 29.6. The first-order chi connectivity index (χ1) is 19.3. The van der Waals surface area contributed by atoms with Crippen LogP contribution in [0, 0.1) is 0 Å². The highest BCUT2D eigenvalue weighted by molar-refractivity contribution is 5.88. The largest absolute Gasteiger partial charge is 0.491 e. The van der Waals surface area contributed by atoms with Crippen molar-refractivity contribution >= 4 is 23.9 Å². The molecule has 0 fully saturated rings. The molecule has 0 saturated carbocycles. The average Bonchev–Trinajstić information content (AvgIpc) is 2.99. The van der Waals surface area contributed by atoms with E-state index in [0.717, 1.165) is 0 Å². The van der Waals surface area contributed by atoms with Crippen molar-refractivity contribution < 1.29 is 48.0 Å². The summed E-state index contributed by atoms with van der Waals surface area (Å²) >= 11 is 0. The number of aliphatic hydroxyl groups is 1. The van der Waals surface area contributed by atoms with Crippen molar-refractivity contribution in [3.63, 3.8) is 0 Å². The minimum absolute atomic E-state index is 0.00452. The maximum atomic E-state index is 12.4. The summed E-state index contributed by atoms with van der Waals surface area (Å²) in [6.07, 6.45) is 0.280. The molecule has 40 heavy (non-hydrogen) atoms. The van der Waals surface area contributed by atoms with Gasteiger partial charge in [0.1, 0.15) is 23.7 Å². The number of nitrogens with zero attached hydrogens (tertiary/aromatic N) is 3. The Labute approximate surface area is 229 Å². The number of ether oxygens (including phenoxy) is 5. The van der Waals surface area contributed by atoms with Crippen molar-refractivity contribution in [2.45, 2.75) is 26.7 Å². The maximum Gasteiger partial charge on any atom is 0.359 e. The fourth-order valence-corrected chi connectivity index (χ4v) is 3.05. The zero-order chi connectivity index (χ0) is 28.9. The second-order valence-corrected chi connectivity index (χ2v) is 7.80. The predicted molar refractivity (Wildman–Crippen MR) is 137 cm³/mol. The van der Waals surface area contributed by atoms with E-state index < -0.39 is 37.5 Å². The lowest BCUT2D eigenvalue weighted by atomic mass is 10.1. The van der Waals surface area contributed by atoms with E-state index in [1.165, 1.54) is 12.1 Å². The molecule has 0 aliphatic rings. The van der Waals surface area contributed by atoms with Crippen LogP contribution < -0.4 is 4.74 Å². The second kappa shape index (κ2) is 14.9. The molecule has 0 radical (unpaired) electrons. The van der Waals surface area contributed by atoms with Gasteiger partial charge in [-0.2, -0.15) is 0 Å². The Kier molecular flexibility index (Phi) is 11.0. The molecule has 0 bridgehead atoms. The number of rotatable bonds is 13. The standard InChI is InChI=1S/C27H27N3O10/c1-3-24(32)37-15-39-26(34)20-9-5-7-18(28-20)22-13-17(36-12-11-31)14-23(30-22)19-8-6-10-21(29-19)27(35)40-16-38-25(33)4-2/h5-10,13-14,31H,3-4,11-12,15-16H2,1-2H3. The maximum absolute atomic E-state index is 12.4. The SMILES string of the molecule is CCC(=O)OCOC(=O)c1cccc(-c2cc(OCCO)cc(-c3cccc(C(=O)OCOC(=O)CC)n3)n2)n1. The van der Waals surface area contributed by atoms with Gasteiger partial charge in [-0.05, 0) is 24.3 Å². The molecule has 0 spiro atoms. The van der Waals surface area contributed by atoms with Gasteiger partial charge in [-0.3, -0.25) is 9.59 Å². The Balaban J connectivity index is 1.87. The molecule has 0 unspecified atom stereocenters. The van der Waals surface area contributed by atoms with Crippen molar-refractivity contribution in [1.29, 1.82) is 0 Å². The minimum atomic E-state index is -0.809. The Morgan fingerprint density at radius 3 is 1.57 bits per heavy atom. The quantitative estimate of drug-likeness (QED) is 0.242. The smallest absolute Gasteiger partial charge is 0.359 e. The molecule has 13 heteroatoms. The minimum Gasteiger partial charge on any atom is -0.491 e. The number of pyridine rings is 3. The van der Waals surface area contributed by atoms with Gasteiger partial charge in [0.25, 0.3) is 0 Å². The highest BCUT2D eigenvalue weighted by Crippen LogP contribution is 2.27. The topological polar surface area (TPSA) is 173 Å². The summed E-state index contributed by atoms with van der Waals surface area (Å²) in [5.41, 5.74) is 1.04. The summed E-state index contributed by atoms with van der Waals surface area (Å²) in [4.78, 5) is 60.5. The van der Waals surface area contributed by atoms with Crippen molar-refractivity contribution in [2.75, 3.05) is 26.8 Å². The van der Waals surface area contributed by atoms with Gasteiger partial charge in [0, 0.05) is 25.0 Å². The molecule has 0 amide bonds. The average molecular weight is 554 g/mol. The molecule has 210 valence electrons. The number of carbonyl (C=O) groups is 4. The molecular weight excluding hydrogens is 526 g/mol. The van der Waals surface area contributed by atoms with E-state index in [4.69, 9.17) is 23.7 Å². The van der Waals surface area contributed by atoms with Gasteiger partial charge in [-0.25, -0.2) is 24.5 Å². The van der Waals surface area contributed by atoms with Gasteiger partial charge in [0.2, 0.25) is 13.6 Å². The zero-order valence-corrected chi connectivity index (χ0v) is 21.8. The number of carbonyl (C=O) groups excluding carboxylic acids is 4. The molecule has 3 rings (SSSR count). The van der Waals surface area contributed by atoms with Crippen LogP contribution in [0.15, 0.2) is 48.5 Å². The molecule has 3 aromatic rings. The molecule has 3 heterocycles. The van der Waals surface area contributed by atoms with Crippen LogP contribution in [-0.2, 0) is 28.5 Å². The summed E-state index contributed by atoms with van der Waals surface area (Å²) in [6, 6.07) is 12.3. The highest BCUT2D eigenvalue weighted by atomic mass is 16.7. The van der Waals surface area contributed by atoms with Gasteiger partial charge in [-0.15, -0.1) is 0 Å². The van der Waals surface area contributed by atoms with E-state index >= 15 is 0 Å². The molecule has 0 aliphatic carbocycles. The van der Waals surface area contributed by atoms with Crippen molar-refractivity contribution in [1.82, 2.24) is 15.0 Å². The summed E-state index contributed by atoms with van der Waals surface area (Å²) in [7, 11) is 0. The van der Waals surface area contributed by atoms with Gasteiger partial charge in [-0.1, -0.05) is 26.0 Å². The molecule has 0 saturated heterocycles. The van der Waals surface area contributed by atoms with Crippen LogP contribution in [0.3, 0.4) is 0 Å². The molecule has 13 nitrogen and oxygen atoms in total. The van der Waals surface area contributed by atoms with Crippen LogP contribution in [-0.4, -0.2) is 70.7 Å². The third-order valence-electron chi connectivity index (χ3n) is 5.00. The monoisotopic (exact) mass is 553 g/mol. The summed E-state index contributed by atoms with van der Waals surface area (Å²) in [5.74, 6) is -2.34. The van der Waals surface area contributed by atoms with E-state index in [1.54, 1.807) is 50.2 Å². The molecule has 0 aromatic carbocycles. The fraction of sp³-hybridized carbons (Fsp3) is 0.296. The first-order valence-electron chi connectivity index (χ1n) is 12.2. The van der Waals surface area contributed by atoms with Crippen molar-refractivity contribution in [2.24, 2.45) is 0 Å². The van der Waals surface area contributed by atoms with E-state index in [-0.39, 0.29) is 48.8 Å². The van der Waals surface area contributed by atoms with Crippen LogP contribution in [0.5, 0.6) is 5.75 Å². The van der Waals surface area contributed by atoms with Crippen LogP contribution in [0.2, 0.25) is 0 Å². The van der Waals surface area contributed by atoms with Crippen LogP contribution in [0.1, 0.15) is 47.7 Å². The Morgan fingerprint density at radius 1 is 0.675 bits per heavy atom. The number of aliphatic hydroxyl groups excluding tert-OH is 1. The molecule has 0 atom stereocenters. The van der Waals surface area contributed by atoms with E-state index in [9.17, 15) is 24.3 Å². The Hall–Kier alpha value is -4.91.